The minimum absolute atomic E-state index is 0.0112. The summed E-state index contributed by atoms with van der Waals surface area (Å²) in [5, 5.41) is 4.39. The number of aromatic nitrogens is 1. The summed E-state index contributed by atoms with van der Waals surface area (Å²) in [6.45, 7) is 1.97. The molecule has 138 valence electrons. The molecule has 0 aliphatic heterocycles. The van der Waals surface area contributed by atoms with Gasteiger partial charge in [0.05, 0.1) is 12.2 Å². The molecule has 0 fully saturated rings. The number of benzene rings is 3. The van der Waals surface area contributed by atoms with Crippen molar-refractivity contribution >= 4 is 22.4 Å². The Kier molecular flexibility index (Phi) is 4.77. The van der Waals surface area contributed by atoms with Gasteiger partial charge in [0.25, 0.3) is 5.56 Å². The number of hydrogen-bond donors (Lipinski definition) is 1. The zero-order valence-electron chi connectivity index (χ0n) is 15.6. The molecule has 1 amide bonds. The van der Waals surface area contributed by atoms with Crippen molar-refractivity contribution in [3.63, 3.8) is 0 Å². The van der Waals surface area contributed by atoms with Gasteiger partial charge in [-0.1, -0.05) is 60.7 Å². The van der Waals surface area contributed by atoms with Gasteiger partial charge in [0.1, 0.15) is 0 Å². The van der Waals surface area contributed by atoms with E-state index in [2.05, 4.69) is 5.32 Å². The Balaban J connectivity index is 1.87. The van der Waals surface area contributed by atoms with E-state index >= 15 is 0 Å². The monoisotopic (exact) mass is 368 g/mol. The number of carbonyl (C=O) groups is 1. The fourth-order valence-electron chi connectivity index (χ4n) is 3.39. The van der Waals surface area contributed by atoms with Crippen LogP contribution >= 0.6 is 0 Å². The fraction of sp³-hybridized carbons (Fsp3) is 0.0833. The van der Waals surface area contributed by atoms with Gasteiger partial charge in [0.15, 0.2) is 0 Å². The maximum absolute atomic E-state index is 13.2. The van der Waals surface area contributed by atoms with Crippen molar-refractivity contribution in [1.82, 2.24) is 4.57 Å². The summed E-state index contributed by atoms with van der Waals surface area (Å²) < 4.78 is 1.81. The Morgan fingerprint density at radius 2 is 1.57 bits per heavy atom. The minimum atomic E-state index is -0.112. The number of anilines is 1. The maximum atomic E-state index is 13.2. The molecule has 0 spiro atoms. The normalized spacial score (nSPS) is 10.8. The molecule has 4 heteroatoms. The molecule has 0 aliphatic carbocycles. The summed E-state index contributed by atoms with van der Waals surface area (Å²) in [6.07, 6.45) is 0. The van der Waals surface area contributed by atoms with Gasteiger partial charge < -0.3 is 9.88 Å². The predicted molar refractivity (Wildman–Crippen MR) is 113 cm³/mol. The molecule has 0 aliphatic rings. The molecule has 0 saturated heterocycles. The summed E-state index contributed by atoms with van der Waals surface area (Å²) in [7, 11) is 0. The lowest BCUT2D eigenvalue weighted by Crippen LogP contribution is -2.22. The topological polar surface area (TPSA) is 51.1 Å². The van der Waals surface area contributed by atoms with Crippen LogP contribution in [0.3, 0.4) is 0 Å². The molecule has 4 nitrogen and oxygen atoms in total. The Hall–Kier alpha value is -3.66. The van der Waals surface area contributed by atoms with Crippen LogP contribution in [-0.2, 0) is 11.3 Å². The lowest BCUT2D eigenvalue weighted by molar-refractivity contribution is -0.114. The highest BCUT2D eigenvalue weighted by Crippen LogP contribution is 2.25. The number of rotatable bonds is 4. The lowest BCUT2D eigenvalue weighted by atomic mass is 10.1. The molecule has 0 bridgehead atoms. The highest BCUT2D eigenvalue weighted by molar-refractivity contribution is 5.89. The second-order valence-corrected chi connectivity index (χ2v) is 6.75. The highest BCUT2D eigenvalue weighted by atomic mass is 16.1. The maximum Gasteiger partial charge on any atom is 0.259 e. The van der Waals surface area contributed by atoms with Gasteiger partial charge in [-0.2, -0.15) is 0 Å². The summed E-state index contributed by atoms with van der Waals surface area (Å²) in [5.41, 5.74) is 3.56. The van der Waals surface area contributed by atoms with Gasteiger partial charge in [-0.15, -0.1) is 0 Å². The van der Waals surface area contributed by atoms with Crippen molar-refractivity contribution in [3.8, 4) is 11.3 Å². The molecule has 3 aromatic carbocycles. The van der Waals surface area contributed by atoms with Crippen LogP contribution in [0.2, 0.25) is 0 Å². The van der Waals surface area contributed by atoms with E-state index in [-0.39, 0.29) is 11.5 Å². The van der Waals surface area contributed by atoms with Gasteiger partial charge in [0.2, 0.25) is 5.91 Å². The molecule has 28 heavy (non-hydrogen) atoms. The number of amides is 1. The van der Waals surface area contributed by atoms with E-state index < -0.39 is 0 Å². The summed E-state index contributed by atoms with van der Waals surface area (Å²) in [4.78, 5) is 24.5. The van der Waals surface area contributed by atoms with Crippen LogP contribution in [0, 0.1) is 0 Å². The van der Waals surface area contributed by atoms with E-state index in [0.29, 0.717) is 11.9 Å². The zero-order valence-corrected chi connectivity index (χ0v) is 15.6. The third-order valence-electron chi connectivity index (χ3n) is 4.70. The number of nitrogens with one attached hydrogen (secondary N) is 1. The molecular formula is C24H20N2O2. The number of hydrogen-bond acceptors (Lipinski definition) is 2. The quantitative estimate of drug-likeness (QED) is 0.569. The summed E-state index contributed by atoms with van der Waals surface area (Å²) in [6, 6.07) is 27.2. The SMILES string of the molecule is CC(=O)Nc1ccc(-c2cc3ccccc3c(=O)n2Cc2ccccc2)cc1. The van der Waals surface area contributed by atoms with Crippen LogP contribution in [0.1, 0.15) is 12.5 Å². The Morgan fingerprint density at radius 1 is 0.893 bits per heavy atom. The number of fused-ring (bicyclic) bond motifs is 1. The Morgan fingerprint density at radius 3 is 2.29 bits per heavy atom. The molecule has 1 aromatic heterocycles. The van der Waals surface area contributed by atoms with Crippen LogP contribution < -0.4 is 10.9 Å². The first-order valence-electron chi connectivity index (χ1n) is 9.16. The highest BCUT2D eigenvalue weighted by Gasteiger charge is 2.12. The van der Waals surface area contributed by atoms with Crippen molar-refractivity contribution in [3.05, 3.63) is 101 Å². The average Bonchev–Trinajstić information content (AvgIpc) is 2.71. The van der Waals surface area contributed by atoms with Crippen LogP contribution in [-0.4, -0.2) is 10.5 Å². The Bertz CT molecular complexity index is 1190. The van der Waals surface area contributed by atoms with Gasteiger partial charge in [-0.25, -0.2) is 0 Å². The number of carbonyl (C=O) groups excluding carboxylic acids is 1. The largest absolute Gasteiger partial charge is 0.326 e. The van der Waals surface area contributed by atoms with Crippen LogP contribution in [0.15, 0.2) is 89.7 Å². The summed E-state index contributed by atoms with van der Waals surface area (Å²) in [5.74, 6) is -0.112. The molecule has 0 saturated carbocycles. The van der Waals surface area contributed by atoms with Crippen molar-refractivity contribution in [1.29, 1.82) is 0 Å². The summed E-state index contributed by atoms with van der Waals surface area (Å²) >= 11 is 0. The van der Waals surface area contributed by atoms with E-state index in [0.717, 1.165) is 27.9 Å². The minimum Gasteiger partial charge on any atom is -0.326 e. The van der Waals surface area contributed by atoms with Crippen LogP contribution in [0.5, 0.6) is 0 Å². The van der Waals surface area contributed by atoms with E-state index in [1.54, 1.807) is 0 Å². The fourth-order valence-corrected chi connectivity index (χ4v) is 3.39. The average molecular weight is 368 g/mol. The third-order valence-corrected chi connectivity index (χ3v) is 4.70. The van der Waals surface area contributed by atoms with Crippen LogP contribution in [0.4, 0.5) is 5.69 Å². The van der Waals surface area contributed by atoms with Crippen molar-refractivity contribution in [2.24, 2.45) is 0 Å². The first-order valence-corrected chi connectivity index (χ1v) is 9.16. The molecule has 4 aromatic rings. The molecule has 0 unspecified atom stereocenters. The van der Waals surface area contributed by atoms with E-state index in [9.17, 15) is 9.59 Å². The molecule has 0 radical (unpaired) electrons. The van der Waals surface area contributed by atoms with Gasteiger partial charge in [-0.05, 0) is 40.8 Å². The van der Waals surface area contributed by atoms with E-state index in [4.69, 9.17) is 0 Å². The first-order chi connectivity index (χ1) is 13.6. The van der Waals surface area contributed by atoms with E-state index in [1.165, 1.54) is 6.92 Å². The molecular weight excluding hydrogens is 348 g/mol. The standard InChI is InChI=1S/C24H20N2O2/c1-17(27)25-21-13-11-19(12-14-21)23-15-20-9-5-6-10-22(20)24(28)26(23)16-18-7-3-2-4-8-18/h2-15H,16H2,1H3,(H,25,27). The van der Waals surface area contributed by atoms with Crippen LogP contribution in [0.25, 0.3) is 22.0 Å². The molecule has 0 atom stereocenters. The van der Waals surface area contributed by atoms with E-state index in [1.807, 2.05) is 89.5 Å². The second kappa shape index (κ2) is 7.53. The smallest absolute Gasteiger partial charge is 0.259 e. The Labute approximate surface area is 163 Å². The van der Waals surface area contributed by atoms with Crippen molar-refractivity contribution < 1.29 is 4.79 Å². The van der Waals surface area contributed by atoms with Crippen molar-refractivity contribution in [2.75, 3.05) is 5.32 Å². The molecule has 1 heterocycles. The molecule has 1 N–H and O–H groups in total. The lowest BCUT2D eigenvalue weighted by Gasteiger charge is -2.15. The third kappa shape index (κ3) is 3.58. The number of nitrogens with zero attached hydrogens (tertiary/aromatic N) is 1. The van der Waals surface area contributed by atoms with Gasteiger partial charge >= 0.3 is 0 Å². The van der Waals surface area contributed by atoms with Gasteiger partial charge in [-0.3, -0.25) is 9.59 Å². The molecule has 4 rings (SSSR count). The predicted octanol–water partition coefficient (Wildman–Crippen LogP) is 4.68. The number of pyridine rings is 1. The van der Waals surface area contributed by atoms with Gasteiger partial charge in [0, 0.05) is 18.0 Å². The zero-order chi connectivity index (χ0) is 19.5. The van der Waals surface area contributed by atoms with Crippen molar-refractivity contribution in [2.45, 2.75) is 13.5 Å². The first kappa shape index (κ1) is 17.7. The second-order valence-electron chi connectivity index (χ2n) is 6.75.